The minimum atomic E-state index is -0.336. The van der Waals surface area contributed by atoms with Gasteiger partial charge in [-0.2, -0.15) is 0 Å². The summed E-state index contributed by atoms with van der Waals surface area (Å²) >= 11 is 7.14. The molecule has 7 nitrogen and oxygen atoms in total. The van der Waals surface area contributed by atoms with Crippen LogP contribution in [0.2, 0.25) is 5.02 Å². The smallest absolute Gasteiger partial charge is 0.265 e. The second kappa shape index (κ2) is 9.38. The molecule has 0 saturated carbocycles. The number of hydrogen-bond donors (Lipinski definition) is 3. The summed E-state index contributed by atoms with van der Waals surface area (Å²) < 4.78 is 10.5. The maximum Gasteiger partial charge on any atom is 0.265 e. The third kappa shape index (κ3) is 5.71. The molecule has 0 atom stereocenters. The van der Waals surface area contributed by atoms with Gasteiger partial charge in [-0.3, -0.25) is 9.59 Å². The predicted octanol–water partition coefficient (Wildman–Crippen LogP) is 2.58. The molecule has 0 saturated heterocycles. The molecule has 1 heterocycles. The maximum absolute atomic E-state index is 12.4. The molecule has 1 aromatic heterocycles. The molecule has 2 rings (SSSR count). The number of amides is 2. The fraction of sp³-hybridized carbons (Fsp3) is 0.250. The Bertz CT molecular complexity index is 751. The van der Waals surface area contributed by atoms with E-state index in [-0.39, 0.29) is 18.4 Å². The summed E-state index contributed by atoms with van der Waals surface area (Å²) in [5, 5.41) is 6.37. The number of rotatable bonds is 8. The number of halogens is 1. The van der Waals surface area contributed by atoms with Gasteiger partial charge in [0.25, 0.3) is 5.91 Å². The molecule has 0 spiro atoms. The lowest BCUT2D eigenvalue weighted by molar-refractivity contribution is -0.114. The Balaban J connectivity index is 2.09. The van der Waals surface area contributed by atoms with E-state index in [9.17, 15) is 9.59 Å². The molecule has 0 unspecified atom stereocenters. The van der Waals surface area contributed by atoms with Crippen LogP contribution in [0.5, 0.6) is 5.75 Å². The van der Waals surface area contributed by atoms with Gasteiger partial charge in [0.1, 0.15) is 12.4 Å². The average Bonchev–Trinajstić information content (AvgIpc) is 3.05. The highest BCUT2D eigenvalue weighted by atomic mass is 35.5. The first kappa shape index (κ1) is 19.2. The van der Waals surface area contributed by atoms with Crippen molar-refractivity contribution >= 4 is 45.4 Å². The molecule has 2 aromatic rings. The molecule has 25 heavy (non-hydrogen) atoms. The molecule has 134 valence electrons. The van der Waals surface area contributed by atoms with Crippen LogP contribution >= 0.6 is 22.9 Å². The van der Waals surface area contributed by atoms with E-state index in [1.54, 1.807) is 37.4 Å². The van der Waals surface area contributed by atoms with Crippen molar-refractivity contribution in [3.05, 3.63) is 40.2 Å². The lowest BCUT2D eigenvalue weighted by atomic mass is 10.3. The Morgan fingerprint density at radius 2 is 2.00 bits per heavy atom. The highest BCUT2D eigenvalue weighted by molar-refractivity contribution is 7.18. The van der Waals surface area contributed by atoms with E-state index in [2.05, 4.69) is 10.6 Å². The molecule has 0 radical (unpaired) electrons. The molecule has 0 bridgehead atoms. The standard InChI is InChI=1S/C16H18ClN3O4S/c1-23-6-7-24-12-3-2-10(17)8-11(12)19-16(22)13-4-5-15(25-13)20-14(21)9-18/h2-5,8H,6-7,9,18H2,1H3,(H,19,22)(H,20,21). The van der Waals surface area contributed by atoms with E-state index in [1.165, 1.54) is 0 Å². The number of hydrogen-bond acceptors (Lipinski definition) is 6. The number of carbonyl (C=O) groups excluding carboxylic acids is 2. The van der Waals surface area contributed by atoms with Crippen LogP contribution in [0, 0.1) is 0 Å². The molecular weight excluding hydrogens is 366 g/mol. The van der Waals surface area contributed by atoms with Crippen molar-refractivity contribution in [1.82, 2.24) is 0 Å². The molecule has 0 aliphatic rings. The van der Waals surface area contributed by atoms with Crippen LogP contribution in [0.4, 0.5) is 10.7 Å². The van der Waals surface area contributed by atoms with Gasteiger partial charge < -0.3 is 25.8 Å². The second-order valence-corrected chi connectivity index (χ2v) is 6.37. The zero-order valence-electron chi connectivity index (χ0n) is 13.5. The lowest BCUT2D eigenvalue weighted by Gasteiger charge is -2.12. The molecular formula is C16H18ClN3O4S. The van der Waals surface area contributed by atoms with Gasteiger partial charge in [0.15, 0.2) is 0 Å². The number of methoxy groups -OCH3 is 1. The highest BCUT2D eigenvalue weighted by Crippen LogP contribution is 2.30. The normalized spacial score (nSPS) is 10.4. The first-order valence-electron chi connectivity index (χ1n) is 7.36. The van der Waals surface area contributed by atoms with E-state index in [0.717, 1.165) is 11.3 Å². The van der Waals surface area contributed by atoms with Crippen molar-refractivity contribution in [3.8, 4) is 5.75 Å². The van der Waals surface area contributed by atoms with Gasteiger partial charge in [0.2, 0.25) is 5.91 Å². The minimum absolute atomic E-state index is 0.121. The van der Waals surface area contributed by atoms with Crippen molar-refractivity contribution in [1.29, 1.82) is 0 Å². The SMILES string of the molecule is COCCOc1ccc(Cl)cc1NC(=O)c1ccc(NC(=O)CN)s1. The lowest BCUT2D eigenvalue weighted by Crippen LogP contribution is -2.21. The summed E-state index contributed by atoms with van der Waals surface area (Å²) in [6.45, 7) is 0.643. The Morgan fingerprint density at radius 1 is 1.20 bits per heavy atom. The van der Waals surface area contributed by atoms with Crippen LogP contribution in [0.1, 0.15) is 9.67 Å². The first-order valence-corrected chi connectivity index (χ1v) is 8.55. The third-order valence-electron chi connectivity index (χ3n) is 3.01. The molecule has 0 fully saturated rings. The number of ether oxygens (including phenoxy) is 2. The van der Waals surface area contributed by atoms with E-state index < -0.39 is 0 Å². The molecule has 2 amide bonds. The summed E-state index contributed by atoms with van der Waals surface area (Å²) in [7, 11) is 1.58. The molecule has 0 aliphatic carbocycles. The van der Waals surface area contributed by atoms with Crippen molar-refractivity contribution < 1.29 is 19.1 Å². The van der Waals surface area contributed by atoms with Gasteiger partial charge in [-0.25, -0.2) is 0 Å². The zero-order valence-corrected chi connectivity index (χ0v) is 15.1. The first-order chi connectivity index (χ1) is 12.0. The fourth-order valence-electron chi connectivity index (χ4n) is 1.86. The maximum atomic E-state index is 12.4. The quantitative estimate of drug-likeness (QED) is 0.608. The van der Waals surface area contributed by atoms with Gasteiger partial charge in [-0.15, -0.1) is 11.3 Å². The average molecular weight is 384 g/mol. The minimum Gasteiger partial charge on any atom is -0.489 e. The second-order valence-electron chi connectivity index (χ2n) is 4.85. The van der Waals surface area contributed by atoms with Gasteiger partial charge in [0.05, 0.1) is 28.7 Å². The number of benzene rings is 1. The monoisotopic (exact) mass is 383 g/mol. The zero-order chi connectivity index (χ0) is 18.2. The summed E-state index contributed by atoms with van der Waals surface area (Å²) in [4.78, 5) is 24.1. The van der Waals surface area contributed by atoms with E-state index in [1.807, 2.05) is 0 Å². The molecule has 1 aromatic carbocycles. The largest absolute Gasteiger partial charge is 0.489 e. The van der Waals surface area contributed by atoms with Crippen LogP contribution in [0.15, 0.2) is 30.3 Å². The topological polar surface area (TPSA) is 103 Å². The van der Waals surface area contributed by atoms with Crippen molar-refractivity contribution in [2.45, 2.75) is 0 Å². The van der Waals surface area contributed by atoms with Crippen LogP contribution in [0.25, 0.3) is 0 Å². The number of nitrogens with one attached hydrogen (secondary N) is 2. The van der Waals surface area contributed by atoms with E-state index >= 15 is 0 Å². The van der Waals surface area contributed by atoms with E-state index in [4.69, 9.17) is 26.8 Å². The summed E-state index contributed by atoms with van der Waals surface area (Å²) in [6, 6.07) is 8.20. The Labute approximate surface area is 154 Å². The van der Waals surface area contributed by atoms with Gasteiger partial charge in [-0.05, 0) is 30.3 Å². The van der Waals surface area contributed by atoms with Crippen molar-refractivity contribution in [2.75, 3.05) is 37.5 Å². The number of nitrogens with two attached hydrogens (primary N) is 1. The molecule has 0 aliphatic heterocycles. The van der Waals surface area contributed by atoms with Crippen LogP contribution in [-0.4, -0.2) is 38.7 Å². The Hall–Kier alpha value is -2.13. The fourth-order valence-corrected chi connectivity index (χ4v) is 2.85. The van der Waals surface area contributed by atoms with Crippen LogP contribution in [-0.2, 0) is 9.53 Å². The van der Waals surface area contributed by atoms with Crippen molar-refractivity contribution in [2.24, 2.45) is 5.73 Å². The summed E-state index contributed by atoms with van der Waals surface area (Å²) in [6.07, 6.45) is 0. The summed E-state index contributed by atoms with van der Waals surface area (Å²) in [5.41, 5.74) is 5.70. The Kier molecular flexibility index (Phi) is 7.20. The molecule has 9 heteroatoms. The predicted molar refractivity (Wildman–Crippen MR) is 98.8 cm³/mol. The third-order valence-corrected chi connectivity index (χ3v) is 4.25. The van der Waals surface area contributed by atoms with Crippen molar-refractivity contribution in [3.63, 3.8) is 0 Å². The van der Waals surface area contributed by atoms with Gasteiger partial charge >= 0.3 is 0 Å². The van der Waals surface area contributed by atoms with Gasteiger partial charge in [0, 0.05) is 12.1 Å². The van der Waals surface area contributed by atoms with Gasteiger partial charge in [-0.1, -0.05) is 11.6 Å². The Morgan fingerprint density at radius 3 is 2.72 bits per heavy atom. The van der Waals surface area contributed by atoms with Crippen LogP contribution in [0.3, 0.4) is 0 Å². The number of thiophene rings is 1. The molecule has 4 N–H and O–H groups in total. The number of carbonyl (C=O) groups is 2. The summed E-state index contributed by atoms with van der Waals surface area (Å²) in [5.74, 6) is -0.169. The number of anilines is 2. The highest BCUT2D eigenvalue weighted by Gasteiger charge is 2.14. The van der Waals surface area contributed by atoms with E-state index in [0.29, 0.717) is 39.6 Å². The van der Waals surface area contributed by atoms with Crippen LogP contribution < -0.4 is 21.1 Å².